The SMILES string of the molecule is COc1ccc(N2CCOCC2)cc1CS(=O)(=O)Cl. The van der Waals surface area contributed by atoms with E-state index in [2.05, 4.69) is 4.90 Å². The van der Waals surface area contributed by atoms with E-state index in [0.29, 0.717) is 24.5 Å². The second kappa shape index (κ2) is 5.98. The van der Waals surface area contributed by atoms with Crippen LogP contribution in [0.3, 0.4) is 0 Å². The highest BCUT2D eigenvalue weighted by Gasteiger charge is 2.16. The van der Waals surface area contributed by atoms with E-state index in [1.54, 1.807) is 6.07 Å². The van der Waals surface area contributed by atoms with Crippen molar-refractivity contribution in [3.63, 3.8) is 0 Å². The van der Waals surface area contributed by atoms with Gasteiger partial charge in [-0.3, -0.25) is 0 Å². The molecule has 7 heteroatoms. The number of nitrogens with zero attached hydrogens (tertiary/aromatic N) is 1. The largest absolute Gasteiger partial charge is 0.496 e. The van der Waals surface area contributed by atoms with Crippen LogP contribution in [-0.4, -0.2) is 41.8 Å². The Bertz CT molecular complexity index is 541. The number of methoxy groups -OCH3 is 1. The lowest BCUT2D eigenvalue weighted by atomic mass is 10.2. The second-order valence-electron chi connectivity index (χ2n) is 4.28. The third-order valence-corrected chi connectivity index (χ3v) is 3.95. The highest BCUT2D eigenvalue weighted by atomic mass is 35.7. The Hall–Kier alpha value is -0.980. The topological polar surface area (TPSA) is 55.8 Å². The first kappa shape index (κ1) is 14.4. The molecule has 1 aliphatic heterocycles. The predicted octanol–water partition coefficient (Wildman–Crippen LogP) is 1.60. The Labute approximate surface area is 117 Å². The molecule has 0 amide bonds. The average molecular weight is 306 g/mol. The molecule has 19 heavy (non-hydrogen) atoms. The summed E-state index contributed by atoms with van der Waals surface area (Å²) in [4.78, 5) is 2.15. The molecule has 1 fully saturated rings. The summed E-state index contributed by atoms with van der Waals surface area (Å²) in [6.07, 6.45) is 0. The van der Waals surface area contributed by atoms with Gasteiger partial charge in [0.2, 0.25) is 9.05 Å². The van der Waals surface area contributed by atoms with Crippen molar-refractivity contribution in [2.75, 3.05) is 38.3 Å². The zero-order valence-electron chi connectivity index (χ0n) is 10.6. The van der Waals surface area contributed by atoms with Gasteiger partial charge in [-0.1, -0.05) is 0 Å². The number of hydrogen-bond acceptors (Lipinski definition) is 5. The number of benzene rings is 1. The summed E-state index contributed by atoms with van der Waals surface area (Å²) in [5.41, 5.74) is 1.53. The van der Waals surface area contributed by atoms with Crippen LogP contribution in [0.5, 0.6) is 5.75 Å². The van der Waals surface area contributed by atoms with Crippen LogP contribution in [0.1, 0.15) is 5.56 Å². The fourth-order valence-corrected chi connectivity index (χ4v) is 3.03. The van der Waals surface area contributed by atoms with Crippen molar-refractivity contribution in [1.82, 2.24) is 0 Å². The molecule has 0 saturated carbocycles. The molecule has 0 atom stereocenters. The summed E-state index contributed by atoms with van der Waals surface area (Å²) >= 11 is 0. The minimum Gasteiger partial charge on any atom is -0.496 e. The summed E-state index contributed by atoms with van der Waals surface area (Å²) in [6.45, 7) is 2.93. The van der Waals surface area contributed by atoms with E-state index in [4.69, 9.17) is 20.2 Å². The number of halogens is 1. The molecule has 1 aromatic rings. The van der Waals surface area contributed by atoms with E-state index in [1.165, 1.54) is 7.11 Å². The summed E-state index contributed by atoms with van der Waals surface area (Å²) in [6, 6.07) is 5.49. The molecule has 0 unspecified atom stereocenters. The van der Waals surface area contributed by atoms with Crippen molar-refractivity contribution in [2.45, 2.75) is 5.75 Å². The first-order chi connectivity index (χ1) is 8.99. The van der Waals surface area contributed by atoms with Gasteiger partial charge in [0, 0.05) is 35.0 Å². The van der Waals surface area contributed by atoms with Gasteiger partial charge in [-0.25, -0.2) is 8.42 Å². The molecule has 5 nitrogen and oxygen atoms in total. The van der Waals surface area contributed by atoms with Crippen molar-refractivity contribution in [2.24, 2.45) is 0 Å². The molecular formula is C12H16ClNO4S. The zero-order valence-corrected chi connectivity index (χ0v) is 12.2. The van der Waals surface area contributed by atoms with Crippen molar-refractivity contribution >= 4 is 25.4 Å². The molecular weight excluding hydrogens is 290 g/mol. The van der Waals surface area contributed by atoms with Crippen LogP contribution in [-0.2, 0) is 19.5 Å². The summed E-state index contributed by atoms with van der Waals surface area (Å²) < 4.78 is 32.9. The predicted molar refractivity (Wildman–Crippen MR) is 74.5 cm³/mol. The van der Waals surface area contributed by atoms with Crippen molar-refractivity contribution in [3.8, 4) is 5.75 Å². The van der Waals surface area contributed by atoms with Crippen LogP contribution in [0, 0.1) is 0 Å². The fourth-order valence-electron chi connectivity index (χ4n) is 2.08. The van der Waals surface area contributed by atoms with Gasteiger partial charge in [0.1, 0.15) is 5.75 Å². The van der Waals surface area contributed by atoms with E-state index in [0.717, 1.165) is 18.8 Å². The zero-order chi connectivity index (χ0) is 13.9. The van der Waals surface area contributed by atoms with Gasteiger partial charge < -0.3 is 14.4 Å². The first-order valence-electron chi connectivity index (χ1n) is 5.91. The molecule has 0 radical (unpaired) electrons. The van der Waals surface area contributed by atoms with Gasteiger partial charge in [-0.2, -0.15) is 0 Å². The standard InChI is InChI=1S/C12H16ClNO4S/c1-17-12-3-2-11(14-4-6-18-7-5-14)8-10(12)9-19(13,15)16/h2-3,8H,4-7,9H2,1H3. The molecule has 0 N–H and O–H groups in total. The van der Waals surface area contributed by atoms with Crippen LogP contribution >= 0.6 is 10.7 Å². The summed E-state index contributed by atoms with van der Waals surface area (Å²) in [7, 11) is 3.22. The van der Waals surface area contributed by atoms with Gasteiger partial charge in [0.25, 0.3) is 0 Å². The number of rotatable bonds is 4. The lowest BCUT2D eigenvalue weighted by Gasteiger charge is -2.29. The minimum absolute atomic E-state index is 0.240. The molecule has 0 aliphatic carbocycles. The van der Waals surface area contributed by atoms with Gasteiger partial charge in [-0.05, 0) is 18.2 Å². The van der Waals surface area contributed by atoms with Gasteiger partial charge >= 0.3 is 0 Å². The van der Waals surface area contributed by atoms with Crippen LogP contribution in [0.15, 0.2) is 18.2 Å². The number of anilines is 1. The van der Waals surface area contributed by atoms with Crippen molar-refractivity contribution in [3.05, 3.63) is 23.8 Å². The van der Waals surface area contributed by atoms with Gasteiger partial charge in [0.15, 0.2) is 0 Å². The molecule has 0 aromatic heterocycles. The smallest absolute Gasteiger partial charge is 0.236 e. The quantitative estimate of drug-likeness (QED) is 0.791. The molecule has 1 aliphatic rings. The Morgan fingerprint density at radius 1 is 1.37 bits per heavy atom. The summed E-state index contributed by atoms with van der Waals surface area (Å²) in [5, 5.41) is 0. The van der Waals surface area contributed by atoms with E-state index in [9.17, 15) is 8.42 Å². The Kier molecular flexibility index (Phi) is 4.54. The Balaban J connectivity index is 2.29. The maximum absolute atomic E-state index is 11.2. The van der Waals surface area contributed by atoms with E-state index in [1.807, 2.05) is 12.1 Å². The molecule has 1 aromatic carbocycles. The minimum atomic E-state index is -3.61. The van der Waals surface area contributed by atoms with E-state index >= 15 is 0 Å². The van der Waals surface area contributed by atoms with Crippen molar-refractivity contribution < 1.29 is 17.9 Å². The Morgan fingerprint density at radius 3 is 2.63 bits per heavy atom. The highest BCUT2D eigenvalue weighted by molar-refractivity contribution is 8.13. The lowest BCUT2D eigenvalue weighted by molar-refractivity contribution is 0.122. The highest BCUT2D eigenvalue weighted by Crippen LogP contribution is 2.28. The second-order valence-corrected chi connectivity index (χ2v) is 7.06. The maximum atomic E-state index is 11.2. The molecule has 1 saturated heterocycles. The molecule has 2 rings (SSSR count). The average Bonchev–Trinajstić information content (AvgIpc) is 2.38. The Morgan fingerprint density at radius 2 is 2.05 bits per heavy atom. The number of ether oxygens (including phenoxy) is 2. The van der Waals surface area contributed by atoms with Crippen LogP contribution < -0.4 is 9.64 Å². The molecule has 1 heterocycles. The monoisotopic (exact) mass is 305 g/mol. The molecule has 0 spiro atoms. The van der Waals surface area contributed by atoms with Crippen molar-refractivity contribution in [1.29, 1.82) is 0 Å². The molecule has 0 bridgehead atoms. The van der Waals surface area contributed by atoms with Crippen LogP contribution in [0.4, 0.5) is 5.69 Å². The first-order valence-corrected chi connectivity index (χ1v) is 8.39. The maximum Gasteiger partial charge on any atom is 0.236 e. The number of morpholine rings is 1. The van der Waals surface area contributed by atoms with Crippen LogP contribution in [0.25, 0.3) is 0 Å². The van der Waals surface area contributed by atoms with Crippen LogP contribution in [0.2, 0.25) is 0 Å². The lowest BCUT2D eigenvalue weighted by Crippen LogP contribution is -2.36. The normalized spacial score (nSPS) is 16.4. The van der Waals surface area contributed by atoms with E-state index in [-0.39, 0.29) is 5.75 Å². The third-order valence-electron chi connectivity index (χ3n) is 2.97. The fraction of sp³-hybridized carbons (Fsp3) is 0.500. The van der Waals surface area contributed by atoms with Gasteiger partial charge in [-0.15, -0.1) is 0 Å². The van der Waals surface area contributed by atoms with E-state index < -0.39 is 9.05 Å². The molecule has 106 valence electrons. The number of hydrogen-bond donors (Lipinski definition) is 0. The van der Waals surface area contributed by atoms with Gasteiger partial charge in [0.05, 0.1) is 26.1 Å². The summed E-state index contributed by atoms with van der Waals surface area (Å²) in [5.74, 6) is 0.289. The third kappa shape index (κ3) is 3.99.